The van der Waals surface area contributed by atoms with Crippen molar-refractivity contribution in [1.82, 2.24) is 14.3 Å². The molecule has 3 heterocycles. The zero-order valence-electron chi connectivity index (χ0n) is 18.9. The van der Waals surface area contributed by atoms with Gasteiger partial charge in [0, 0.05) is 25.3 Å². The summed E-state index contributed by atoms with van der Waals surface area (Å²) in [5.41, 5.74) is 7.62. The number of nitrogens with one attached hydrogen (secondary N) is 1. The van der Waals surface area contributed by atoms with E-state index >= 15 is 0 Å². The Labute approximate surface area is 205 Å². The van der Waals surface area contributed by atoms with Gasteiger partial charge in [0.15, 0.2) is 5.58 Å². The van der Waals surface area contributed by atoms with E-state index in [-0.39, 0.29) is 30.0 Å². The standard InChI is InChI=1S/C24H22F3N5O3S/c25-24(26,27)17-4-8-22(29-14-17)30-18-9-11-32(12-10-18)36(33,34)19-5-1-15(2-6-19)16-3-7-20-21(13-16)35-23(28)31-20/h1-8,13-14,18H,9-12H2,(H2,28,31)(H,29,30). The third-order valence-electron chi connectivity index (χ3n) is 6.13. The van der Waals surface area contributed by atoms with Crippen molar-refractivity contribution in [1.29, 1.82) is 0 Å². The van der Waals surface area contributed by atoms with Gasteiger partial charge < -0.3 is 15.5 Å². The highest BCUT2D eigenvalue weighted by Crippen LogP contribution is 2.30. The molecule has 0 unspecified atom stereocenters. The number of nitrogens with two attached hydrogens (primary N) is 1. The Kier molecular flexibility index (Phi) is 6.08. The molecule has 4 aromatic rings. The first kappa shape index (κ1) is 24.1. The summed E-state index contributed by atoms with van der Waals surface area (Å²) in [7, 11) is -3.69. The maximum atomic E-state index is 13.2. The Balaban J connectivity index is 1.22. The Hall–Kier alpha value is -3.64. The lowest BCUT2D eigenvalue weighted by atomic mass is 10.1. The van der Waals surface area contributed by atoms with Crippen molar-refractivity contribution in [3.05, 3.63) is 66.4 Å². The lowest BCUT2D eigenvalue weighted by molar-refractivity contribution is -0.137. The zero-order valence-corrected chi connectivity index (χ0v) is 19.7. The molecule has 5 rings (SSSR count). The highest BCUT2D eigenvalue weighted by atomic mass is 32.2. The molecular weight excluding hydrogens is 495 g/mol. The van der Waals surface area contributed by atoms with Gasteiger partial charge in [-0.3, -0.25) is 0 Å². The molecule has 0 radical (unpaired) electrons. The first-order valence-electron chi connectivity index (χ1n) is 11.2. The van der Waals surface area contributed by atoms with Crippen LogP contribution in [0.25, 0.3) is 22.2 Å². The summed E-state index contributed by atoms with van der Waals surface area (Å²) in [5.74, 6) is 0.325. The smallest absolute Gasteiger partial charge is 0.417 e. The van der Waals surface area contributed by atoms with Crippen LogP contribution in [0.3, 0.4) is 0 Å². The van der Waals surface area contributed by atoms with Gasteiger partial charge in [0.05, 0.1) is 10.5 Å². The minimum atomic E-state index is -4.44. The van der Waals surface area contributed by atoms with Gasteiger partial charge in [-0.2, -0.15) is 22.5 Å². The number of anilines is 2. The molecule has 0 atom stereocenters. The van der Waals surface area contributed by atoms with E-state index in [0.717, 1.165) is 23.4 Å². The predicted molar refractivity (Wildman–Crippen MR) is 128 cm³/mol. The Morgan fingerprint density at radius 1 is 1.00 bits per heavy atom. The number of pyridine rings is 1. The van der Waals surface area contributed by atoms with Crippen LogP contribution in [0.2, 0.25) is 0 Å². The minimum absolute atomic E-state index is 0.0817. The first-order valence-corrected chi connectivity index (χ1v) is 12.6. The molecule has 1 saturated heterocycles. The number of nitrogens with zero attached hydrogens (tertiary/aromatic N) is 3. The van der Waals surface area contributed by atoms with E-state index in [1.807, 2.05) is 6.07 Å². The monoisotopic (exact) mass is 517 g/mol. The number of alkyl halides is 3. The van der Waals surface area contributed by atoms with E-state index in [4.69, 9.17) is 10.2 Å². The molecule has 2 aromatic heterocycles. The van der Waals surface area contributed by atoms with Crippen molar-refractivity contribution < 1.29 is 26.0 Å². The summed E-state index contributed by atoms with van der Waals surface area (Å²) in [6.45, 7) is 0.567. The Morgan fingerprint density at radius 2 is 1.69 bits per heavy atom. The van der Waals surface area contributed by atoms with E-state index in [0.29, 0.717) is 29.8 Å². The average molecular weight is 518 g/mol. The Bertz CT molecular complexity index is 1480. The molecule has 8 nitrogen and oxygen atoms in total. The van der Waals surface area contributed by atoms with E-state index in [9.17, 15) is 21.6 Å². The van der Waals surface area contributed by atoms with Crippen LogP contribution in [-0.4, -0.2) is 41.8 Å². The van der Waals surface area contributed by atoms with Crippen LogP contribution < -0.4 is 11.1 Å². The van der Waals surface area contributed by atoms with Gasteiger partial charge in [-0.15, -0.1) is 0 Å². The van der Waals surface area contributed by atoms with Crippen molar-refractivity contribution in [3.63, 3.8) is 0 Å². The van der Waals surface area contributed by atoms with Crippen LogP contribution in [0.4, 0.5) is 25.0 Å². The summed E-state index contributed by atoms with van der Waals surface area (Å²) in [6.07, 6.45) is -2.66. The van der Waals surface area contributed by atoms with Gasteiger partial charge in [0.25, 0.3) is 6.01 Å². The molecule has 0 bridgehead atoms. The van der Waals surface area contributed by atoms with Gasteiger partial charge >= 0.3 is 6.18 Å². The van der Waals surface area contributed by atoms with E-state index in [1.54, 1.807) is 36.4 Å². The maximum absolute atomic E-state index is 13.2. The van der Waals surface area contributed by atoms with Crippen molar-refractivity contribution >= 4 is 33.0 Å². The summed E-state index contributed by atoms with van der Waals surface area (Å²) >= 11 is 0. The van der Waals surface area contributed by atoms with Gasteiger partial charge in [-0.1, -0.05) is 18.2 Å². The highest BCUT2D eigenvalue weighted by Gasteiger charge is 2.32. The molecular formula is C24H22F3N5O3S. The molecule has 0 saturated carbocycles. The molecule has 1 aliphatic heterocycles. The number of hydrogen-bond donors (Lipinski definition) is 2. The molecule has 188 valence electrons. The molecule has 12 heteroatoms. The number of rotatable bonds is 5. The second kappa shape index (κ2) is 9.10. The number of halogens is 3. The number of fused-ring (bicyclic) bond motifs is 1. The van der Waals surface area contributed by atoms with Crippen LogP contribution in [0.5, 0.6) is 0 Å². The first-order chi connectivity index (χ1) is 17.1. The van der Waals surface area contributed by atoms with Crippen molar-refractivity contribution in [2.45, 2.75) is 30.0 Å². The number of oxazole rings is 1. The van der Waals surface area contributed by atoms with E-state index < -0.39 is 21.8 Å². The number of aromatic nitrogens is 2. The topological polar surface area (TPSA) is 114 Å². The van der Waals surface area contributed by atoms with Gasteiger partial charge in [0.2, 0.25) is 10.0 Å². The van der Waals surface area contributed by atoms with Crippen LogP contribution in [0.1, 0.15) is 18.4 Å². The van der Waals surface area contributed by atoms with Crippen molar-refractivity contribution in [2.75, 3.05) is 24.1 Å². The maximum Gasteiger partial charge on any atom is 0.417 e. The van der Waals surface area contributed by atoms with Crippen LogP contribution in [-0.2, 0) is 16.2 Å². The molecule has 1 fully saturated rings. The number of piperidine rings is 1. The second-order valence-corrected chi connectivity index (χ2v) is 10.4. The number of nitrogen functional groups attached to an aromatic ring is 1. The molecule has 0 spiro atoms. The summed E-state index contributed by atoms with van der Waals surface area (Å²) in [5, 5.41) is 3.09. The minimum Gasteiger partial charge on any atom is -0.424 e. The average Bonchev–Trinajstić information content (AvgIpc) is 3.23. The quantitative estimate of drug-likeness (QED) is 0.392. The Morgan fingerprint density at radius 3 is 2.33 bits per heavy atom. The van der Waals surface area contributed by atoms with Crippen LogP contribution >= 0.6 is 0 Å². The second-order valence-electron chi connectivity index (χ2n) is 8.51. The summed E-state index contributed by atoms with van der Waals surface area (Å²) in [4.78, 5) is 8.08. The number of benzene rings is 2. The fourth-order valence-electron chi connectivity index (χ4n) is 4.19. The third-order valence-corrected chi connectivity index (χ3v) is 8.04. The van der Waals surface area contributed by atoms with Gasteiger partial charge in [-0.25, -0.2) is 13.4 Å². The SMILES string of the molecule is Nc1nc2ccc(-c3ccc(S(=O)(=O)N4CCC(Nc5ccc(C(F)(F)F)cn5)CC4)cc3)cc2o1. The lowest BCUT2D eigenvalue weighted by Gasteiger charge is -2.32. The molecule has 36 heavy (non-hydrogen) atoms. The summed E-state index contributed by atoms with van der Waals surface area (Å²) < 4.78 is 71.2. The van der Waals surface area contributed by atoms with Gasteiger partial charge in [0.1, 0.15) is 11.3 Å². The van der Waals surface area contributed by atoms with Crippen molar-refractivity contribution in [2.24, 2.45) is 0 Å². The molecule has 0 aliphatic carbocycles. The highest BCUT2D eigenvalue weighted by molar-refractivity contribution is 7.89. The normalized spacial score (nSPS) is 15.9. The fourth-order valence-corrected chi connectivity index (χ4v) is 5.66. The summed E-state index contributed by atoms with van der Waals surface area (Å²) in [6, 6.07) is 14.3. The van der Waals surface area contributed by atoms with Crippen LogP contribution in [0.15, 0.2) is 70.1 Å². The third kappa shape index (κ3) is 4.86. The van der Waals surface area contributed by atoms with E-state index in [2.05, 4.69) is 15.3 Å². The van der Waals surface area contributed by atoms with E-state index in [1.165, 1.54) is 10.4 Å². The zero-order chi connectivity index (χ0) is 25.5. The molecule has 2 aromatic carbocycles. The van der Waals surface area contributed by atoms with Crippen LogP contribution in [0, 0.1) is 0 Å². The van der Waals surface area contributed by atoms with Crippen molar-refractivity contribution in [3.8, 4) is 11.1 Å². The van der Waals surface area contributed by atoms with Gasteiger partial charge in [-0.05, 0) is 60.4 Å². The lowest BCUT2D eigenvalue weighted by Crippen LogP contribution is -2.42. The molecule has 3 N–H and O–H groups in total. The largest absolute Gasteiger partial charge is 0.424 e. The molecule has 0 amide bonds. The molecule has 1 aliphatic rings. The number of hydrogen-bond acceptors (Lipinski definition) is 7. The fraction of sp³-hybridized carbons (Fsp3) is 0.250. The number of sulfonamides is 1. The predicted octanol–water partition coefficient (Wildman–Crippen LogP) is 4.76.